The molecular weight excluding hydrogens is 300 g/mol. The van der Waals surface area contributed by atoms with Crippen molar-refractivity contribution in [2.75, 3.05) is 0 Å². The van der Waals surface area contributed by atoms with Crippen molar-refractivity contribution in [3.8, 4) is 0 Å². The maximum Gasteiger partial charge on any atom is 0.389 e. The first-order valence-electron chi connectivity index (χ1n) is 6.89. The quantitative estimate of drug-likeness (QED) is 0.495. The van der Waals surface area contributed by atoms with Gasteiger partial charge in [0.15, 0.2) is 4.98 Å². The van der Waals surface area contributed by atoms with Crippen LogP contribution in [0.5, 0.6) is 0 Å². The number of benzene rings is 1. The summed E-state index contributed by atoms with van der Waals surface area (Å²) in [6.07, 6.45) is 0.775. The van der Waals surface area contributed by atoms with Gasteiger partial charge in [0.05, 0.1) is 17.2 Å². The third-order valence-electron chi connectivity index (χ3n) is 3.58. The van der Waals surface area contributed by atoms with Crippen molar-refractivity contribution in [1.82, 2.24) is 10.2 Å². The van der Waals surface area contributed by atoms with Crippen LogP contribution in [0.1, 0.15) is 34.6 Å². The fourth-order valence-corrected chi connectivity index (χ4v) is 2.26. The van der Waals surface area contributed by atoms with Crippen LogP contribution in [-0.2, 0) is 4.79 Å². The third-order valence-corrected chi connectivity index (χ3v) is 3.58. The van der Waals surface area contributed by atoms with Gasteiger partial charge >= 0.3 is 6.20 Å². The number of imide groups is 1. The molecule has 0 aromatic heterocycles. The maximum absolute atomic E-state index is 12.3. The summed E-state index contributed by atoms with van der Waals surface area (Å²) in [5, 5.41) is 20.3. The van der Waals surface area contributed by atoms with E-state index in [0.29, 0.717) is 0 Å². The van der Waals surface area contributed by atoms with Gasteiger partial charge in [-0.3, -0.25) is 19.3 Å². The summed E-state index contributed by atoms with van der Waals surface area (Å²) in [6.45, 7) is 2.88. The van der Waals surface area contributed by atoms with E-state index >= 15 is 0 Å². The summed E-state index contributed by atoms with van der Waals surface area (Å²) in [5.74, 6) is -2.06. The van der Waals surface area contributed by atoms with Crippen molar-refractivity contribution in [2.45, 2.75) is 25.9 Å². The lowest BCUT2D eigenvalue weighted by molar-refractivity contribution is -0.125. The van der Waals surface area contributed by atoms with E-state index in [1.807, 2.05) is 0 Å². The summed E-state index contributed by atoms with van der Waals surface area (Å²) in [4.78, 5) is 40.3. The van der Waals surface area contributed by atoms with Gasteiger partial charge in [0, 0.05) is 0 Å². The highest BCUT2D eigenvalue weighted by atomic mass is 16.3. The molecule has 1 aliphatic heterocycles. The summed E-state index contributed by atoms with van der Waals surface area (Å²) in [5.41, 5.74) is 0.513. The lowest BCUT2D eigenvalue weighted by Gasteiger charge is -2.23. The molecule has 1 aliphatic rings. The molecule has 23 heavy (non-hydrogen) atoms. The van der Waals surface area contributed by atoms with Crippen LogP contribution < -0.4 is 5.32 Å². The van der Waals surface area contributed by atoms with Crippen molar-refractivity contribution in [2.24, 2.45) is 0 Å². The van der Waals surface area contributed by atoms with E-state index in [1.165, 1.54) is 26.0 Å². The van der Waals surface area contributed by atoms with Gasteiger partial charge in [0.2, 0.25) is 17.1 Å². The molecule has 0 spiro atoms. The average molecular weight is 315 g/mol. The minimum absolute atomic E-state index is 0.257. The number of nitrogens with zero attached hydrogens (tertiary/aromatic N) is 3. The van der Waals surface area contributed by atoms with Crippen molar-refractivity contribution in [1.29, 1.82) is 5.39 Å². The molecule has 2 atom stereocenters. The van der Waals surface area contributed by atoms with Crippen molar-refractivity contribution >= 4 is 17.7 Å². The van der Waals surface area contributed by atoms with Crippen LogP contribution in [0.3, 0.4) is 0 Å². The second-order valence-corrected chi connectivity index (χ2v) is 5.10. The Balaban J connectivity index is 2.16. The molecule has 0 fully saturated rings. The number of fused-ring (bicyclic) bond motifs is 1. The highest BCUT2D eigenvalue weighted by molar-refractivity contribution is 6.22. The van der Waals surface area contributed by atoms with Gasteiger partial charge in [-0.05, 0) is 26.0 Å². The van der Waals surface area contributed by atoms with Crippen LogP contribution in [0.25, 0.3) is 4.98 Å². The van der Waals surface area contributed by atoms with Gasteiger partial charge in [-0.2, -0.15) is 0 Å². The molecule has 3 amide bonds. The highest BCUT2D eigenvalue weighted by Gasteiger charge is 2.40. The summed E-state index contributed by atoms with van der Waals surface area (Å²) in [7, 11) is 0. The van der Waals surface area contributed by atoms with Crippen LogP contribution in [0.2, 0.25) is 0 Å². The largest absolute Gasteiger partial charge is 0.504 e. The van der Waals surface area contributed by atoms with Gasteiger partial charge < -0.3 is 10.4 Å². The second-order valence-electron chi connectivity index (χ2n) is 5.10. The van der Waals surface area contributed by atoms with Crippen molar-refractivity contribution < 1.29 is 19.5 Å². The number of amides is 3. The van der Waals surface area contributed by atoms with Gasteiger partial charge in [-0.1, -0.05) is 12.1 Å². The van der Waals surface area contributed by atoms with Gasteiger partial charge in [0.25, 0.3) is 11.8 Å². The Morgan fingerprint density at radius 2 is 1.78 bits per heavy atom. The molecule has 1 heterocycles. The van der Waals surface area contributed by atoms with E-state index in [2.05, 4.69) is 10.3 Å². The fourth-order valence-electron chi connectivity index (χ4n) is 2.26. The minimum atomic E-state index is -1.05. The Morgan fingerprint density at radius 3 is 2.26 bits per heavy atom. The normalized spacial score (nSPS) is 16.6. The summed E-state index contributed by atoms with van der Waals surface area (Å²) in [6, 6.07) is 4.45. The van der Waals surface area contributed by atoms with Crippen LogP contribution in [0.4, 0.5) is 0 Å². The van der Waals surface area contributed by atoms with Crippen molar-refractivity contribution in [3.63, 3.8) is 0 Å². The van der Waals surface area contributed by atoms with E-state index in [1.54, 1.807) is 12.1 Å². The number of carbonyl (C=O) groups is 3. The number of nitrogens with one attached hydrogen (secondary N) is 1. The Hall–Kier alpha value is -3.21. The number of rotatable bonds is 4. The summed E-state index contributed by atoms with van der Waals surface area (Å²) < 4.78 is 0. The number of aliphatic hydroxyl groups is 1. The predicted molar refractivity (Wildman–Crippen MR) is 79.8 cm³/mol. The van der Waals surface area contributed by atoms with E-state index in [4.69, 9.17) is 5.39 Å². The van der Waals surface area contributed by atoms with Crippen molar-refractivity contribution in [3.05, 3.63) is 52.3 Å². The molecule has 0 bridgehead atoms. The average Bonchev–Trinajstić information content (AvgIpc) is 2.78. The molecule has 118 valence electrons. The molecule has 2 N–H and O–H groups in total. The molecular formula is C15H15N4O4+. The topological polar surface area (TPSA) is 115 Å². The van der Waals surface area contributed by atoms with Crippen LogP contribution in [-0.4, -0.2) is 39.8 Å². The first kappa shape index (κ1) is 16.2. The number of diazo groups is 1. The Kier molecular flexibility index (Phi) is 4.41. The minimum Gasteiger partial charge on any atom is -0.504 e. The molecule has 8 heteroatoms. The van der Waals surface area contributed by atoms with Crippen LogP contribution >= 0.6 is 0 Å². The van der Waals surface area contributed by atoms with Gasteiger partial charge in [0.1, 0.15) is 6.04 Å². The number of aliphatic hydroxyl groups excluding tert-OH is 1. The van der Waals surface area contributed by atoms with Crippen LogP contribution in [0.15, 0.2) is 36.2 Å². The predicted octanol–water partition coefficient (Wildman–Crippen LogP) is 1.43. The number of hydrogen-bond acceptors (Lipinski definition) is 5. The smallest absolute Gasteiger partial charge is 0.389 e. The molecule has 2 rings (SSSR count). The molecule has 0 aliphatic carbocycles. The Bertz CT molecular complexity index is 715. The zero-order valence-corrected chi connectivity index (χ0v) is 12.6. The SMILES string of the molecule is CC(NC(=O)C(C)N1C(=O)c2ccccc2C1=O)C(O)=C[N+]#N. The zero-order chi connectivity index (χ0) is 17.1. The maximum atomic E-state index is 12.3. The van der Waals surface area contributed by atoms with E-state index in [-0.39, 0.29) is 16.9 Å². The zero-order valence-electron chi connectivity index (χ0n) is 12.6. The van der Waals surface area contributed by atoms with E-state index in [0.717, 1.165) is 11.1 Å². The lowest BCUT2D eigenvalue weighted by atomic mass is 10.1. The molecule has 2 unspecified atom stereocenters. The summed E-state index contributed by atoms with van der Waals surface area (Å²) >= 11 is 0. The van der Waals surface area contributed by atoms with Gasteiger partial charge in [-0.25, -0.2) is 0 Å². The molecule has 1 aromatic carbocycles. The molecule has 0 saturated heterocycles. The number of carbonyl (C=O) groups excluding carboxylic acids is 3. The fraction of sp³-hybridized carbons (Fsp3) is 0.267. The lowest BCUT2D eigenvalue weighted by Crippen LogP contribution is -2.50. The molecule has 0 radical (unpaired) electrons. The van der Waals surface area contributed by atoms with E-state index < -0.39 is 29.8 Å². The monoisotopic (exact) mass is 315 g/mol. The molecule has 8 nitrogen and oxygen atoms in total. The molecule has 0 saturated carbocycles. The number of hydrogen-bond donors (Lipinski definition) is 2. The first-order chi connectivity index (χ1) is 10.9. The highest BCUT2D eigenvalue weighted by Crippen LogP contribution is 2.24. The third kappa shape index (κ3) is 2.89. The Morgan fingerprint density at radius 1 is 1.26 bits per heavy atom. The second kappa shape index (κ2) is 6.27. The standard InChI is InChI=1S/C15H14N4O4/c1-8(12(20)7-17-16)18-13(21)9(2)19-14(22)10-5-3-4-6-11(10)15(19)23/h3-9H,1-2H3,(H-,18,20,21)/p+1. The molecule has 1 aromatic rings. The first-order valence-corrected chi connectivity index (χ1v) is 6.89. The van der Waals surface area contributed by atoms with Gasteiger partial charge in [-0.15, -0.1) is 0 Å². The Labute approximate surface area is 132 Å². The van der Waals surface area contributed by atoms with Crippen LogP contribution in [0, 0.1) is 5.39 Å². The van der Waals surface area contributed by atoms with E-state index in [9.17, 15) is 19.5 Å².